The first-order valence-electron chi connectivity index (χ1n) is 11.2. The number of benzene rings is 2. The number of fused-ring (bicyclic) bond motifs is 2. The summed E-state index contributed by atoms with van der Waals surface area (Å²) in [5, 5.41) is 12.3. The standard InChI is InChI=1S/C23H23N9O3S/c1-36(34,35)26-10-2-3-12-32(20-6-4-5-17-16(20)14-25-31-17)21-9-11-24-22(30-21)27-15-7-8-18-19(13-15)29-23(33)28-18/h4-9,11,13-14,26H,2-3,10,12H2,1H3,(H,25,31)(H,24,27,30). The average Bonchev–Trinajstić information content (AvgIpc) is 3.46. The second-order valence-corrected chi connectivity index (χ2v) is 10.0. The highest BCUT2D eigenvalue weighted by Crippen LogP contribution is 2.31. The number of anilines is 4. The molecule has 4 aromatic rings. The van der Waals surface area contributed by atoms with Crippen molar-refractivity contribution in [1.82, 2.24) is 24.9 Å². The van der Waals surface area contributed by atoms with Crippen LogP contribution < -0.4 is 25.7 Å². The number of carbonyl (C=O) groups excluding carboxylic acids is 1. The van der Waals surface area contributed by atoms with Gasteiger partial charge in [0.1, 0.15) is 5.82 Å². The van der Waals surface area contributed by atoms with E-state index >= 15 is 0 Å². The first kappa shape index (κ1) is 23.5. The zero-order chi connectivity index (χ0) is 25.1. The molecule has 2 amide bonds. The Morgan fingerprint density at radius 3 is 2.78 bits per heavy atom. The van der Waals surface area contributed by atoms with E-state index in [1.165, 1.54) is 0 Å². The normalized spacial score (nSPS) is 12.8. The number of nitrogens with zero attached hydrogens (tertiary/aromatic N) is 6. The largest absolute Gasteiger partial charge is 0.368 e. The van der Waals surface area contributed by atoms with Gasteiger partial charge in [-0.15, -0.1) is 0 Å². The Labute approximate surface area is 206 Å². The first-order chi connectivity index (χ1) is 17.4. The number of hydrogen-bond donors (Lipinski definition) is 3. The molecule has 0 saturated heterocycles. The predicted octanol–water partition coefficient (Wildman–Crippen LogP) is 1.94. The molecule has 0 atom stereocenters. The van der Waals surface area contributed by atoms with Crippen LogP contribution in [-0.2, 0) is 10.0 Å². The van der Waals surface area contributed by atoms with Gasteiger partial charge in [-0.25, -0.2) is 22.9 Å². The van der Waals surface area contributed by atoms with Gasteiger partial charge in [-0.2, -0.15) is 20.1 Å². The van der Waals surface area contributed by atoms with Crippen molar-refractivity contribution in [1.29, 1.82) is 0 Å². The van der Waals surface area contributed by atoms with Crippen LogP contribution in [0.3, 0.4) is 0 Å². The van der Waals surface area contributed by atoms with E-state index in [4.69, 9.17) is 4.98 Å². The number of carbonyl (C=O) groups is 1. The van der Waals surface area contributed by atoms with Crippen molar-refractivity contribution in [3.63, 3.8) is 0 Å². The van der Waals surface area contributed by atoms with Gasteiger partial charge in [0.2, 0.25) is 16.0 Å². The van der Waals surface area contributed by atoms with E-state index in [2.05, 4.69) is 40.1 Å². The van der Waals surface area contributed by atoms with E-state index in [-0.39, 0.29) is 0 Å². The molecular formula is C23H23N9O3S. The topological polar surface area (TPSA) is 158 Å². The number of aromatic amines is 1. The third kappa shape index (κ3) is 5.37. The van der Waals surface area contributed by atoms with E-state index in [1.807, 2.05) is 24.3 Å². The lowest BCUT2D eigenvalue weighted by Gasteiger charge is -2.25. The maximum atomic E-state index is 11.4. The summed E-state index contributed by atoms with van der Waals surface area (Å²) in [6.45, 7) is 0.949. The Kier molecular flexibility index (Phi) is 6.40. The third-order valence-corrected chi connectivity index (χ3v) is 6.23. The maximum Gasteiger partial charge on any atom is 0.368 e. The molecule has 13 heteroatoms. The molecule has 0 spiro atoms. The number of urea groups is 1. The lowest BCUT2D eigenvalue weighted by molar-refractivity contribution is 0.256. The van der Waals surface area contributed by atoms with Crippen molar-refractivity contribution in [3.05, 3.63) is 65.6 Å². The van der Waals surface area contributed by atoms with Crippen LogP contribution in [0.15, 0.2) is 64.8 Å². The number of rotatable bonds is 10. The highest BCUT2D eigenvalue weighted by Gasteiger charge is 2.16. The number of H-pyrrole nitrogens is 1. The van der Waals surface area contributed by atoms with Gasteiger partial charge >= 0.3 is 6.03 Å². The van der Waals surface area contributed by atoms with E-state index < -0.39 is 16.1 Å². The molecule has 1 aliphatic rings. The van der Waals surface area contributed by atoms with Crippen molar-refractivity contribution >= 4 is 50.1 Å². The van der Waals surface area contributed by atoms with Crippen molar-refractivity contribution in [2.75, 3.05) is 29.6 Å². The third-order valence-electron chi connectivity index (χ3n) is 5.51. The monoisotopic (exact) mass is 505 g/mol. The van der Waals surface area contributed by atoms with Crippen LogP contribution in [-0.4, -0.2) is 54.0 Å². The molecular weight excluding hydrogens is 482 g/mol. The maximum absolute atomic E-state index is 11.4. The minimum Gasteiger partial charge on any atom is -0.326 e. The molecule has 0 saturated carbocycles. The number of unbranched alkanes of at least 4 members (excludes halogenated alkanes) is 1. The lowest BCUT2D eigenvalue weighted by atomic mass is 10.2. The number of amides is 2. The Balaban J connectivity index is 1.41. The molecule has 184 valence electrons. The van der Waals surface area contributed by atoms with Crippen LogP contribution in [0.4, 0.5) is 27.9 Å². The van der Waals surface area contributed by atoms with Gasteiger partial charge in [0.05, 0.1) is 34.4 Å². The molecule has 5 rings (SSSR count). The zero-order valence-electron chi connectivity index (χ0n) is 19.3. The molecule has 0 unspecified atom stereocenters. The van der Waals surface area contributed by atoms with Crippen LogP contribution in [0.5, 0.6) is 0 Å². The van der Waals surface area contributed by atoms with E-state index in [0.29, 0.717) is 54.1 Å². The van der Waals surface area contributed by atoms with Crippen LogP contribution in [0.25, 0.3) is 10.9 Å². The highest BCUT2D eigenvalue weighted by atomic mass is 32.2. The molecule has 12 nitrogen and oxygen atoms in total. The van der Waals surface area contributed by atoms with Crippen LogP contribution in [0, 0.1) is 0 Å². The minimum absolute atomic E-state index is 0.358. The molecule has 3 N–H and O–H groups in total. The second kappa shape index (κ2) is 9.79. The summed E-state index contributed by atoms with van der Waals surface area (Å²) in [6, 6.07) is 12.4. The Morgan fingerprint density at radius 2 is 1.92 bits per heavy atom. The van der Waals surface area contributed by atoms with Gasteiger partial charge in [-0.1, -0.05) is 6.07 Å². The molecule has 3 heterocycles. The number of aromatic nitrogens is 4. The van der Waals surface area contributed by atoms with Gasteiger partial charge in [0, 0.05) is 30.4 Å². The van der Waals surface area contributed by atoms with Crippen molar-refractivity contribution in [2.45, 2.75) is 12.8 Å². The van der Waals surface area contributed by atoms with Crippen LogP contribution in [0.1, 0.15) is 12.8 Å². The van der Waals surface area contributed by atoms with E-state index in [0.717, 1.165) is 22.8 Å². The summed E-state index contributed by atoms with van der Waals surface area (Å²) in [6.07, 6.45) is 5.95. The minimum atomic E-state index is -3.23. The quantitative estimate of drug-likeness (QED) is 0.276. The van der Waals surface area contributed by atoms with Crippen molar-refractivity contribution in [2.24, 2.45) is 9.98 Å². The number of nitrogens with one attached hydrogen (secondary N) is 3. The number of sulfonamides is 1. The van der Waals surface area contributed by atoms with Crippen molar-refractivity contribution < 1.29 is 13.2 Å². The van der Waals surface area contributed by atoms with Crippen LogP contribution >= 0.6 is 0 Å². The summed E-state index contributed by atoms with van der Waals surface area (Å²) in [7, 11) is -3.23. The zero-order valence-corrected chi connectivity index (χ0v) is 20.2. The Morgan fingerprint density at radius 1 is 1.06 bits per heavy atom. The molecule has 0 aliphatic carbocycles. The van der Waals surface area contributed by atoms with Crippen molar-refractivity contribution in [3.8, 4) is 0 Å². The predicted molar refractivity (Wildman–Crippen MR) is 135 cm³/mol. The fraction of sp³-hybridized carbons (Fsp3) is 0.217. The van der Waals surface area contributed by atoms with Gasteiger partial charge < -0.3 is 10.2 Å². The van der Waals surface area contributed by atoms with Gasteiger partial charge in [-0.3, -0.25) is 5.10 Å². The molecule has 0 radical (unpaired) electrons. The van der Waals surface area contributed by atoms with E-state index in [1.54, 1.807) is 30.6 Å². The summed E-state index contributed by atoms with van der Waals surface area (Å²) in [5.74, 6) is 1.03. The Hall–Kier alpha value is -4.23. The Bertz CT molecular complexity index is 1670. The summed E-state index contributed by atoms with van der Waals surface area (Å²) in [4.78, 5) is 30.3. The lowest BCUT2D eigenvalue weighted by Crippen LogP contribution is -2.25. The molecule has 0 bridgehead atoms. The molecule has 36 heavy (non-hydrogen) atoms. The molecule has 1 aliphatic heterocycles. The SMILES string of the molecule is CS(=O)(=O)NCCCCN(c1ccnc(Nc2ccc3c(c2)=NC(=O)N=3)n1)c1cccc2[nH]ncc12. The smallest absolute Gasteiger partial charge is 0.326 e. The summed E-state index contributed by atoms with van der Waals surface area (Å²) < 4.78 is 25.3. The van der Waals surface area contributed by atoms with Crippen LogP contribution in [0.2, 0.25) is 0 Å². The fourth-order valence-electron chi connectivity index (χ4n) is 3.90. The first-order valence-corrected chi connectivity index (χ1v) is 13.1. The van der Waals surface area contributed by atoms with E-state index in [9.17, 15) is 13.2 Å². The van der Waals surface area contributed by atoms with Gasteiger partial charge in [-0.05, 0) is 49.2 Å². The molecule has 2 aromatic carbocycles. The summed E-state index contributed by atoms with van der Waals surface area (Å²) in [5.41, 5.74) is 2.49. The van der Waals surface area contributed by atoms with Gasteiger partial charge in [0.15, 0.2) is 0 Å². The average molecular weight is 506 g/mol. The molecule has 2 aromatic heterocycles. The number of hydrogen-bond acceptors (Lipinski definition) is 8. The second-order valence-electron chi connectivity index (χ2n) is 8.21. The highest BCUT2D eigenvalue weighted by molar-refractivity contribution is 7.88. The molecule has 0 fully saturated rings. The summed E-state index contributed by atoms with van der Waals surface area (Å²) >= 11 is 0. The van der Waals surface area contributed by atoms with Gasteiger partial charge in [0.25, 0.3) is 0 Å². The fourth-order valence-corrected chi connectivity index (χ4v) is 4.42.